The third-order valence-corrected chi connectivity index (χ3v) is 4.33. The van der Waals surface area contributed by atoms with Crippen molar-refractivity contribution < 1.29 is 18.8 Å². The molecule has 0 radical (unpaired) electrons. The van der Waals surface area contributed by atoms with Crippen LogP contribution in [-0.2, 0) is 11.2 Å². The third-order valence-electron chi connectivity index (χ3n) is 4.33. The van der Waals surface area contributed by atoms with Gasteiger partial charge < -0.3 is 14.0 Å². The largest absolute Gasteiger partial charge is 0.493 e. The Kier molecular flexibility index (Phi) is 4.79. The average molecular weight is 342 g/mol. The average Bonchev–Trinajstić information content (AvgIpc) is 2.96. The van der Waals surface area contributed by atoms with Gasteiger partial charge in [-0.05, 0) is 31.9 Å². The number of fused-ring (bicyclic) bond motifs is 1. The number of hydrogen-bond donors (Lipinski definition) is 1. The molecule has 1 aliphatic rings. The molecular formula is C19H22N2O4. The lowest BCUT2D eigenvalue weighted by molar-refractivity contribution is -0.116. The summed E-state index contributed by atoms with van der Waals surface area (Å²) in [5, 5.41) is 6.74. The van der Waals surface area contributed by atoms with Crippen molar-refractivity contribution in [1.82, 2.24) is 5.16 Å². The van der Waals surface area contributed by atoms with Gasteiger partial charge in [-0.15, -0.1) is 6.58 Å². The number of nitrogens with one attached hydrogen (secondary N) is 1. The van der Waals surface area contributed by atoms with Crippen LogP contribution in [0.25, 0.3) is 0 Å². The fraction of sp³-hybridized carbons (Fsp3) is 0.368. The summed E-state index contributed by atoms with van der Waals surface area (Å²) in [5.74, 6) is 1.57. The van der Waals surface area contributed by atoms with Gasteiger partial charge in [0, 0.05) is 23.5 Å². The van der Waals surface area contributed by atoms with Gasteiger partial charge in [-0.1, -0.05) is 17.3 Å². The summed E-state index contributed by atoms with van der Waals surface area (Å²) >= 11 is 0. The number of methoxy groups -OCH3 is 1. The quantitative estimate of drug-likeness (QED) is 0.812. The first-order valence-corrected chi connectivity index (χ1v) is 8.29. The minimum Gasteiger partial charge on any atom is -0.493 e. The van der Waals surface area contributed by atoms with Crippen LogP contribution in [-0.4, -0.2) is 24.8 Å². The maximum Gasteiger partial charge on any atom is 0.235 e. The zero-order valence-corrected chi connectivity index (χ0v) is 14.7. The molecule has 0 aliphatic carbocycles. The molecule has 2 heterocycles. The fourth-order valence-electron chi connectivity index (χ4n) is 3.28. The molecule has 1 aromatic carbocycles. The van der Waals surface area contributed by atoms with Crippen molar-refractivity contribution >= 4 is 11.8 Å². The van der Waals surface area contributed by atoms with E-state index in [9.17, 15) is 4.79 Å². The van der Waals surface area contributed by atoms with Crippen LogP contribution in [0.1, 0.15) is 41.6 Å². The first-order valence-electron chi connectivity index (χ1n) is 8.29. The maximum absolute atomic E-state index is 12.1. The monoisotopic (exact) mass is 342 g/mol. The van der Waals surface area contributed by atoms with Crippen molar-refractivity contribution in [2.24, 2.45) is 0 Å². The molecule has 1 amide bonds. The molecule has 0 fully saturated rings. The lowest BCUT2D eigenvalue weighted by Gasteiger charge is -2.24. The molecule has 25 heavy (non-hydrogen) atoms. The van der Waals surface area contributed by atoms with Crippen LogP contribution in [0.3, 0.4) is 0 Å². The molecular weight excluding hydrogens is 320 g/mol. The van der Waals surface area contributed by atoms with E-state index in [1.165, 1.54) is 0 Å². The van der Waals surface area contributed by atoms with Gasteiger partial charge in [-0.25, -0.2) is 0 Å². The minimum atomic E-state index is -0.136. The standard InChI is InChI=1S/C19H22N2O4/c1-5-7-12-8-13(9-15(23-4)18(12)24-6-2)14-10-16(22)20-19-17(14)11(3)21-25-19/h5,8-9,14H,1,6-7,10H2,2-4H3,(H,20,22)/t14-/m0/s1. The fourth-order valence-corrected chi connectivity index (χ4v) is 3.28. The normalized spacial score (nSPS) is 16.1. The van der Waals surface area contributed by atoms with Crippen molar-refractivity contribution in [3.8, 4) is 11.5 Å². The number of hydrogen-bond acceptors (Lipinski definition) is 5. The van der Waals surface area contributed by atoms with Crippen molar-refractivity contribution in [2.75, 3.05) is 19.0 Å². The zero-order valence-electron chi connectivity index (χ0n) is 14.7. The summed E-state index contributed by atoms with van der Waals surface area (Å²) in [4.78, 5) is 12.1. The van der Waals surface area contributed by atoms with E-state index >= 15 is 0 Å². The summed E-state index contributed by atoms with van der Waals surface area (Å²) in [6, 6.07) is 3.98. The van der Waals surface area contributed by atoms with E-state index in [-0.39, 0.29) is 11.8 Å². The number of rotatable bonds is 6. The molecule has 6 nitrogen and oxygen atoms in total. The number of amides is 1. The van der Waals surface area contributed by atoms with E-state index < -0.39 is 0 Å². The number of allylic oxidation sites excluding steroid dienone is 1. The van der Waals surface area contributed by atoms with Gasteiger partial charge in [0.25, 0.3) is 0 Å². The van der Waals surface area contributed by atoms with Gasteiger partial charge in [0.1, 0.15) is 0 Å². The third kappa shape index (κ3) is 3.12. The second kappa shape index (κ2) is 7.01. The molecule has 2 aromatic rings. The molecule has 0 bridgehead atoms. The van der Waals surface area contributed by atoms with Gasteiger partial charge in [0.15, 0.2) is 11.5 Å². The Balaban J connectivity index is 2.14. The van der Waals surface area contributed by atoms with Crippen molar-refractivity contribution in [3.05, 3.63) is 47.2 Å². The number of carbonyl (C=O) groups is 1. The smallest absolute Gasteiger partial charge is 0.235 e. The predicted octanol–water partition coefficient (Wildman–Crippen LogP) is 3.59. The van der Waals surface area contributed by atoms with Gasteiger partial charge in [0.05, 0.1) is 19.4 Å². The van der Waals surface area contributed by atoms with Crippen LogP contribution >= 0.6 is 0 Å². The highest BCUT2D eigenvalue weighted by atomic mass is 16.5. The highest BCUT2D eigenvalue weighted by Gasteiger charge is 2.33. The van der Waals surface area contributed by atoms with E-state index in [1.54, 1.807) is 7.11 Å². The number of anilines is 1. The minimum absolute atomic E-state index is 0.0910. The van der Waals surface area contributed by atoms with Gasteiger partial charge in [0.2, 0.25) is 11.8 Å². The summed E-state index contributed by atoms with van der Waals surface area (Å²) in [6.07, 6.45) is 2.80. The number of aromatic nitrogens is 1. The molecule has 3 rings (SSSR count). The molecule has 0 unspecified atom stereocenters. The van der Waals surface area contributed by atoms with Gasteiger partial charge in [-0.3, -0.25) is 10.1 Å². The lowest BCUT2D eigenvalue weighted by Crippen LogP contribution is -2.23. The summed E-state index contributed by atoms with van der Waals surface area (Å²) in [6.45, 7) is 8.18. The number of aryl methyl sites for hydroxylation is 1. The maximum atomic E-state index is 12.1. The molecule has 0 spiro atoms. The summed E-state index contributed by atoms with van der Waals surface area (Å²) in [7, 11) is 1.61. The second-order valence-corrected chi connectivity index (χ2v) is 5.95. The molecule has 132 valence electrons. The molecule has 1 atom stereocenters. The molecule has 1 aliphatic heterocycles. The van der Waals surface area contributed by atoms with Crippen LogP contribution in [0.4, 0.5) is 5.88 Å². The Bertz CT molecular complexity index is 810. The number of ether oxygens (including phenoxy) is 2. The van der Waals surface area contributed by atoms with E-state index in [4.69, 9.17) is 14.0 Å². The molecule has 0 saturated heterocycles. The predicted molar refractivity (Wildman–Crippen MR) is 94.4 cm³/mol. The van der Waals surface area contributed by atoms with Crippen LogP contribution in [0.2, 0.25) is 0 Å². The Morgan fingerprint density at radius 3 is 2.96 bits per heavy atom. The van der Waals surface area contributed by atoms with Crippen LogP contribution < -0.4 is 14.8 Å². The number of benzene rings is 1. The molecule has 1 aromatic heterocycles. The highest BCUT2D eigenvalue weighted by molar-refractivity contribution is 5.94. The van der Waals surface area contributed by atoms with E-state index in [0.29, 0.717) is 31.1 Å². The first-order chi connectivity index (χ1) is 12.1. The second-order valence-electron chi connectivity index (χ2n) is 5.95. The van der Waals surface area contributed by atoms with Gasteiger partial charge >= 0.3 is 0 Å². The van der Waals surface area contributed by atoms with E-state index in [0.717, 1.165) is 28.1 Å². The number of carbonyl (C=O) groups excluding carboxylic acids is 1. The van der Waals surface area contributed by atoms with Crippen LogP contribution in [0.15, 0.2) is 29.3 Å². The Morgan fingerprint density at radius 2 is 2.28 bits per heavy atom. The molecule has 0 saturated carbocycles. The van der Waals surface area contributed by atoms with Crippen molar-refractivity contribution in [3.63, 3.8) is 0 Å². The zero-order chi connectivity index (χ0) is 18.0. The van der Waals surface area contributed by atoms with Crippen LogP contribution in [0, 0.1) is 6.92 Å². The van der Waals surface area contributed by atoms with Crippen molar-refractivity contribution in [2.45, 2.75) is 32.6 Å². The van der Waals surface area contributed by atoms with Gasteiger partial charge in [-0.2, -0.15) is 0 Å². The van der Waals surface area contributed by atoms with E-state index in [2.05, 4.69) is 23.1 Å². The summed E-state index contributed by atoms with van der Waals surface area (Å²) < 4.78 is 16.6. The Morgan fingerprint density at radius 1 is 1.48 bits per heavy atom. The lowest BCUT2D eigenvalue weighted by atomic mass is 9.84. The topological polar surface area (TPSA) is 73.6 Å². The molecule has 6 heteroatoms. The van der Waals surface area contributed by atoms with Crippen molar-refractivity contribution in [1.29, 1.82) is 0 Å². The summed E-state index contributed by atoms with van der Waals surface area (Å²) in [5.41, 5.74) is 3.64. The molecule has 1 N–H and O–H groups in total. The SMILES string of the molecule is C=CCc1cc([C@@H]2CC(=O)Nc3onc(C)c32)cc(OC)c1OCC. The van der Waals surface area contributed by atoms with E-state index in [1.807, 2.05) is 26.0 Å². The number of nitrogens with zero attached hydrogens (tertiary/aromatic N) is 1. The highest BCUT2D eigenvalue weighted by Crippen LogP contribution is 2.43. The first kappa shape index (κ1) is 17.1. The Hall–Kier alpha value is -2.76. The Labute approximate surface area is 146 Å². The van der Waals surface area contributed by atoms with Crippen LogP contribution in [0.5, 0.6) is 11.5 Å².